The van der Waals surface area contributed by atoms with Crippen LogP contribution in [-0.4, -0.2) is 63.0 Å². The van der Waals surface area contributed by atoms with Crippen LogP contribution >= 0.6 is 0 Å². The molecule has 1 aliphatic carbocycles. The van der Waals surface area contributed by atoms with Gasteiger partial charge in [0, 0.05) is 42.0 Å². The molecule has 4 atom stereocenters. The number of carbonyl (C=O) groups is 2. The van der Waals surface area contributed by atoms with Gasteiger partial charge in [-0.3, -0.25) is 9.59 Å². The fourth-order valence-electron chi connectivity index (χ4n) is 4.71. The molecule has 0 bridgehead atoms. The summed E-state index contributed by atoms with van der Waals surface area (Å²) in [6.45, 7) is 1.88. The Hall–Kier alpha value is -3.10. The Labute approximate surface area is 185 Å². The molecule has 0 aromatic heterocycles. The first-order valence-electron chi connectivity index (χ1n) is 10.9. The van der Waals surface area contributed by atoms with Crippen LogP contribution in [0.15, 0.2) is 36.4 Å². The molecule has 2 heterocycles. The highest BCUT2D eigenvalue weighted by Gasteiger charge is 2.54. The minimum absolute atomic E-state index is 0.0671. The van der Waals surface area contributed by atoms with Gasteiger partial charge in [0.05, 0.1) is 32.0 Å². The van der Waals surface area contributed by atoms with Crippen LogP contribution in [0.5, 0.6) is 11.5 Å². The van der Waals surface area contributed by atoms with Gasteiger partial charge in [-0.2, -0.15) is 0 Å². The summed E-state index contributed by atoms with van der Waals surface area (Å²) in [6.07, 6.45) is 0. The highest BCUT2D eigenvalue weighted by Crippen LogP contribution is 2.45. The maximum absolute atomic E-state index is 13.0. The third-order valence-electron chi connectivity index (χ3n) is 6.49. The highest BCUT2D eigenvalue weighted by molar-refractivity contribution is 6.02. The van der Waals surface area contributed by atoms with E-state index in [2.05, 4.69) is 10.6 Å². The Morgan fingerprint density at radius 3 is 2.69 bits per heavy atom. The molecule has 168 valence electrons. The van der Waals surface area contributed by atoms with E-state index in [4.69, 9.17) is 19.3 Å². The monoisotopic (exact) mass is 438 g/mol. The average Bonchev–Trinajstić information content (AvgIpc) is 3.18. The molecule has 32 heavy (non-hydrogen) atoms. The van der Waals surface area contributed by atoms with Crippen molar-refractivity contribution in [3.05, 3.63) is 58.7 Å². The zero-order valence-electron chi connectivity index (χ0n) is 17.8. The van der Waals surface area contributed by atoms with Crippen LogP contribution < -0.4 is 20.1 Å². The fourth-order valence-corrected chi connectivity index (χ4v) is 4.71. The minimum Gasteiger partial charge on any atom is -0.491 e. The second-order valence-corrected chi connectivity index (χ2v) is 8.39. The highest BCUT2D eigenvalue weighted by atomic mass is 16.5. The zero-order valence-corrected chi connectivity index (χ0v) is 17.8. The van der Waals surface area contributed by atoms with Gasteiger partial charge in [-0.1, -0.05) is 12.1 Å². The molecule has 8 heteroatoms. The number of hydrogen-bond donors (Lipinski definition) is 3. The minimum atomic E-state index is -0.298. The predicted molar refractivity (Wildman–Crippen MR) is 115 cm³/mol. The summed E-state index contributed by atoms with van der Waals surface area (Å²) in [5.41, 5.74) is 2.55. The van der Waals surface area contributed by atoms with Gasteiger partial charge in [0.2, 0.25) is 0 Å². The zero-order chi connectivity index (χ0) is 22.2. The Bertz CT molecular complexity index is 1040. The summed E-state index contributed by atoms with van der Waals surface area (Å²) in [6, 6.07) is 11.1. The number of rotatable bonds is 7. The number of aliphatic hydroxyl groups excluding tert-OH is 1. The SMILES string of the molecule is CNC(=O)c1cc(C(=O)NC2[C@H]3COC[C@@H]23)cc2c1OCC2c1cccc(OCCO)c1. The molecule has 3 N–H and O–H groups in total. The van der Waals surface area contributed by atoms with Crippen LogP contribution in [-0.2, 0) is 4.74 Å². The standard InChI is InChI=1S/C24H26N2O6/c1-25-24(29)17-9-14(23(28)26-21-19-10-30-11-20(19)21)8-16-18(12-32-22(16)17)13-3-2-4-15(7-13)31-6-5-27/h2-4,7-9,18-21,27H,5-6,10-12H2,1H3,(H,25,29)(H,26,28)/t18?,19-,20+,21?. The first kappa shape index (κ1) is 20.8. The van der Waals surface area contributed by atoms with Crippen molar-refractivity contribution in [1.82, 2.24) is 10.6 Å². The lowest BCUT2D eigenvalue weighted by molar-refractivity contribution is 0.0929. The molecule has 0 radical (unpaired) electrons. The van der Waals surface area contributed by atoms with Gasteiger partial charge in [-0.05, 0) is 29.8 Å². The van der Waals surface area contributed by atoms with Gasteiger partial charge in [0.1, 0.15) is 18.1 Å². The molecule has 3 aliphatic rings. The third-order valence-corrected chi connectivity index (χ3v) is 6.49. The van der Waals surface area contributed by atoms with Crippen LogP contribution in [0.1, 0.15) is 37.8 Å². The van der Waals surface area contributed by atoms with Crippen molar-refractivity contribution in [3.8, 4) is 11.5 Å². The van der Waals surface area contributed by atoms with E-state index in [1.54, 1.807) is 13.1 Å². The maximum atomic E-state index is 13.0. The van der Waals surface area contributed by atoms with E-state index in [-0.39, 0.29) is 37.0 Å². The molecule has 2 aliphatic heterocycles. The van der Waals surface area contributed by atoms with Crippen molar-refractivity contribution in [2.75, 3.05) is 40.1 Å². The van der Waals surface area contributed by atoms with E-state index >= 15 is 0 Å². The molecule has 1 saturated heterocycles. The number of fused-ring (bicyclic) bond motifs is 2. The molecule has 2 fully saturated rings. The number of benzene rings is 2. The van der Waals surface area contributed by atoms with Gasteiger partial charge < -0.3 is 30.0 Å². The van der Waals surface area contributed by atoms with Crippen molar-refractivity contribution in [2.45, 2.75) is 12.0 Å². The quantitative estimate of drug-likeness (QED) is 0.602. The molecule has 2 unspecified atom stereocenters. The summed E-state index contributed by atoms with van der Waals surface area (Å²) < 4.78 is 16.9. The molecule has 2 aromatic rings. The Morgan fingerprint density at radius 1 is 1.12 bits per heavy atom. The first-order chi connectivity index (χ1) is 15.6. The van der Waals surface area contributed by atoms with Gasteiger partial charge in [-0.15, -0.1) is 0 Å². The van der Waals surface area contributed by atoms with E-state index in [1.165, 1.54) is 0 Å². The summed E-state index contributed by atoms with van der Waals surface area (Å²) in [4.78, 5) is 25.6. The second-order valence-electron chi connectivity index (χ2n) is 8.39. The van der Waals surface area contributed by atoms with Crippen LogP contribution in [0.25, 0.3) is 0 Å². The van der Waals surface area contributed by atoms with Crippen LogP contribution in [0.3, 0.4) is 0 Å². The summed E-state index contributed by atoms with van der Waals surface area (Å²) in [7, 11) is 1.56. The van der Waals surface area contributed by atoms with E-state index in [0.717, 1.165) is 11.1 Å². The summed E-state index contributed by atoms with van der Waals surface area (Å²) in [5, 5.41) is 14.8. The third kappa shape index (κ3) is 3.69. The van der Waals surface area contributed by atoms with Crippen LogP contribution in [0.2, 0.25) is 0 Å². The number of carbonyl (C=O) groups excluding carboxylic acids is 2. The van der Waals surface area contributed by atoms with Crippen molar-refractivity contribution in [2.24, 2.45) is 11.8 Å². The van der Waals surface area contributed by atoms with Gasteiger partial charge in [0.15, 0.2) is 0 Å². The molecule has 1 saturated carbocycles. The smallest absolute Gasteiger partial charge is 0.254 e. The Kier molecular flexibility index (Phi) is 5.48. The predicted octanol–water partition coefficient (Wildman–Crippen LogP) is 1.32. The van der Waals surface area contributed by atoms with Gasteiger partial charge >= 0.3 is 0 Å². The van der Waals surface area contributed by atoms with Crippen molar-refractivity contribution in [3.63, 3.8) is 0 Å². The fraction of sp³-hybridized carbons (Fsp3) is 0.417. The molecular weight excluding hydrogens is 412 g/mol. The Balaban J connectivity index is 1.46. The molecule has 2 aromatic carbocycles. The van der Waals surface area contributed by atoms with E-state index in [0.29, 0.717) is 54.3 Å². The normalized spacial score (nSPS) is 24.8. The molecular formula is C24H26N2O6. The van der Waals surface area contributed by atoms with Gasteiger partial charge in [0.25, 0.3) is 11.8 Å². The molecule has 2 amide bonds. The first-order valence-corrected chi connectivity index (χ1v) is 10.9. The molecule has 8 nitrogen and oxygen atoms in total. The maximum Gasteiger partial charge on any atom is 0.254 e. The summed E-state index contributed by atoms with van der Waals surface area (Å²) in [5.74, 6) is 1.30. The van der Waals surface area contributed by atoms with Crippen molar-refractivity contribution >= 4 is 11.8 Å². The molecule has 0 spiro atoms. The second kappa shape index (κ2) is 8.44. The van der Waals surface area contributed by atoms with E-state index < -0.39 is 0 Å². The lowest BCUT2D eigenvalue weighted by Crippen LogP contribution is -2.30. The van der Waals surface area contributed by atoms with Crippen molar-refractivity contribution in [1.29, 1.82) is 0 Å². The van der Waals surface area contributed by atoms with Crippen LogP contribution in [0.4, 0.5) is 0 Å². The lowest BCUT2D eigenvalue weighted by Gasteiger charge is -2.14. The molecule has 5 rings (SSSR count). The topological polar surface area (TPSA) is 106 Å². The Morgan fingerprint density at radius 2 is 1.94 bits per heavy atom. The number of amides is 2. The van der Waals surface area contributed by atoms with Crippen molar-refractivity contribution < 1.29 is 28.9 Å². The number of nitrogens with one attached hydrogen (secondary N) is 2. The van der Waals surface area contributed by atoms with Crippen LogP contribution in [0, 0.1) is 11.8 Å². The van der Waals surface area contributed by atoms with E-state index in [9.17, 15) is 9.59 Å². The van der Waals surface area contributed by atoms with Gasteiger partial charge in [-0.25, -0.2) is 0 Å². The lowest BCUT2D eigenvalue weighted by atomic mass is 9.90. The number of ether oxygens (including phenoxy) is 3. The number of hydrogen-bond acceptors (Lipinski definition) is 6. The number of aliphatic hydroxyl groups is 1. The average molecular weight is 438 g/mol. The van der Waals surface area contributed by atoms with E-state index in [1.807, 2.05) is 30.3 Å². The largest absolute Gasteiger partial charge is 0.491 e. The summed E-state index contributed by atoms with van der Waals surface area (Å²) >= 11 is 0.